The van der Waals surface area contributed by atoms with Gasteiger partial charge in [-0.2, -0.15) is 0 Å². The molecule has 2 aromatic rings. The lowest BCUT2D eigenvalue weighted by molar-refractivity contribution is 0.123. The van der Waals surface area contributed by atoms with Crippen LogP contribution in [0.4, 0.5) is 0 Å². The third kappa shape index (κ3) is 3.10. The molecule has 3 N–H and O–H groups in total. The number of methoxy groups -OCH3 is 1. The fraction of sp³-hybridized carbons (Fsp3) is 0.375. The summed E-state index contributed by atoms with van der Waals surface area (Å²) in [6.45, 7) is 2.38. The Morgan fingerprint density at radius 2 is 1.95 bits per heavy atom. The van der Waals surface area contributed by atoms with E-state index in [2.05, 4.69) is 5.32 Å². The molecule has 2 rings (SSSR count). The van der Waals surface area contributed by atoms with Crippen LogP contribution in [0.3, 0.4) is 0 Å². The number of aliphatic hydroxyl groups excluding tert-OH is 1. The largest absolute Gasteiger partial charge is 0.507 e. The molecule has 2 atom stereocenters. The van der Waals surface area contributed by atoms with Crippen LogP contribution in [0, 0.1) is 0 Å². The Bertz CT molecular complexity index is 571. The van der Waals surface area contributed by atoms with Crippen LogP contribution in [0.25, 0.3) is 10.8 Å². The maximum absolute atomic E-state index is 10.4. The van der Waals surface area contributed by atoms with E-state index in [9.17, 15) is 10.2 Å². The van der Waals surface area contributed by atoms with Crippen LogP contribution in [0.2, 0.25) is 0 Å². The summed E-state index contributed by atoms with van der Waals surface area (Å²) in [4.78, 5) is 0. The van der Waals surface area contributed by atoms with Gasteiger partial charge in [-0.3, -0.25) is 0 Å². The van der Waals surface area contributed by atoms with Crippen molar-refractivity contribution < 1.29 is 14.9 Å². The molecule has 0 bridgehead atoms. The number of hydrogen-bond acceptors (Lipinski definition) is 4. The summed E-state index contributed by atoms with van der Waals surface area (Å²) in [7, 11) is 1.60. The molecule has 4 nitrogen and oxygen atoms in total. The van der Waals surface area contributed by atoms with Crippen molar-refractivity contribution in [3.63, 3.8) is 0 Å². The number of nitrogens with one attached hydrogen (secondary N) is 1. The maximum Gasteiger partial charge on any atom is 0.128 e. The second kappa shape index (κ2) is 6.70. The van der Waals surface area contributed by atoms with Crippen molar-refractivity contribution in [1.29, 1.82) is 0 Å². The van der Waals surface area contributed by atoms with E-state index in [-0.39, 0.29) is 24.4 Å². The summed E-state index contributed by atoms with van der Waals surface area (Å²) in [5.74, 6) is 0.289. The van der Waals surface area contributed by atoms with E-state index in [1.807, 2.05) is 43.3 Å². The van der Waals surface area contributed by atoms with Gasteiger partial charge in [0.1, 0.15) is 5.75 Å². The van der Waals surface area contributed by atoms with E-state index < -0.39 is 0 Å². The average Bonchev–Trinajstić information content (AvgIpc) is 2.47. The van der Waals surface area contributed by atoms with E-state index in [1.165, 1.54) is 0 Å². The highest BCUT2D eigenvalue weighted by molar-refractivity contribution is 5.89. The molecular weight excluding hydrogens is 254 g/mol. The van der Waals surface area contributed by atoms with Gasteiger partial charge in [-0.1, -0.05) is 36.4 Å². The summed E-state index contributed by atoms with van der Waals surface area (Å²) in [5.41, 5.74) is 0.818. The van der Waals surface area contributed by atoms with Crippen molar-refractivity contribution in [1.82, 2.24) is 5.32 Å². The lowest BCUT2D eigenvalue weighted by Gasteiger charge is -2.22. The SMILES string of the molecule is COCC(CO)NC(C)c1ccc2ccccc2c1O. The van der Waals surface area contributed by atoms with Crippen molar-refractivity contribution in [3.8, 4) is 5.75 Å². The van der Waals surface area contributed by atoms with Crippen LogP contribution in [0.5, 0.6) is 5.75 Å². The summed E-state index contributed by atoms with van der Waals surface area (Å²) in [6.07, 6.45) is 0. The van der Waals surface area contributed by atoms with Gasteiger partial charge in [-0.15, -0.1) is 0 Å². The summed E-state index contributed by atoms with van der Waals surface area (Å²) >= 11 is 0. The predicted octanol–water partition coefficient (Wildman–Crippen LogP) is 2.20. The third-order valence-corrected chi connectivity index (χ3v) is 3.47. The quantitative estimate of drug-likeness (QED) is 0.756. The van der Waals surface area contributed by atoms with Crippen LogP contribution >= 0.6 is 0 Å². The minimum atomic E-state index is -0.152. The Hall–Kier alpha value is -1.62. The van der Waals surface area contributed by atoms with E-state index in [0.717, 1.165) is 16.3 Å². The highest BCUT2D eigenvalue weighted by atomic mass is 16.5. The zero-order chi connectivity index (χ0) is 14.5. The average molecular weight is 275 g/mol. The van der Waals surface area contributed by atoms with Crippen molar-refractivity contribution in [2.45, 2.75) is 19.0 Å². The molecule has 0 saturated carbocycles. The standard InChI is InChI=1S/C16H21NO3/c1-11(17-13(9-18)10-20-2)14-8-7-12-5-3-4-6-15(12)16(14)19/h3-8,11,13,17-19H,9-10H2,1-2H3. The molecule has 0 heterocycles. The van der Waals surface area contributed by atoms with Gasteiger partial charge in [0.25, 0.3) is 0 Å². The van der Waals surface area contributed by atoms with E-state index in [4.69, 9.17) is 4.74 Å². The highest BCUT2D eigenvalue weighted by Gasteiger charge is 2.16. The Kier molecular flexibility index (Phi) is 4.95. The molecule has 4 heteroatoms. The zero-order valence-corrected chi connectivity index (χ0v) is 11.8. The molecule has 2 unspecified atom stereocenters. The van der Waals surface area contributed by atoms with Crippen molar-refractivity contribution in [2.24, 2.45) is 0 Å². The first-order valence-corrected chi connectivity index (χ1v) is 6.73. The first kappa shape index (κ1) is 14.8. The molecule has 0 aliphatic carbocycles. The van der Waals surface area contributed by atoms with E-state index >= 15 is 0 Å². The lowest BCUT2D eigenvalue weighted by atomic mass is 10.0. The molecule has 0 spiro atoms. The minimum Gasteiger partial charge on any atom is -0.507 e. The summed E-state index contributed by atoms with van der Waals surface area (Å²) in [6, 6.07) is 11.4. The fourth-order valence-corrected chi connectivity index (χ4v) is 2.42. The monoisotopic (exact) mass is 275 g/mol. The number of aromatic hydroxyl groups is 1. The highest BCUT2D eigenvalue weighted by Crippen LogP contribution is 2.32. The molecule has 0 fully saturated rings. The third-order valence-electron chi connectivity index (χ3n) is 3.47. The summed E-state index contributed by atoms with van der Waals surface area (Å²) < 4.78 is 5.05. The predicted molar refractivity (Wildman–Crippen MR) is 79.9 cm³/mol. The number of rotatable bonds is 6. The van der Waals surface area contributed by atoms with E-state index in [1.54, 1.807) is 7.11 Å². The van der Waals surface area contributed by atoms with Gasteiger partial charge in [0.05, 0.1) is 19.3 Å². The van der Waals surface area contributed by atoms with Crippen LogP contribution in [-0.4, -0.2) is 36.6 Å². The second-order valence-corrected chi connectivity index (χ2v) is 4.95. The number of aliphatic hydroxyl groups is 1. The molecule has 108 valence electrons. The van der Waals surface area contributed by atoms with Crippen LogP contribution in [-0.2, 0) is 4.74 Å². The van der Waals surface area contributed by atoms with Gasteiger partial charge < -0.3 is 20.3 Å². The molecule has 2 aromatic carbocycles. The Balaban J connectivity index is 2.25. The topological polar surface area (TPSA) is 61.7 Å². The molecule has 0 aromatic heterocycles. The van der Waals surface area contributed by atoms with Crippen LogP contribution in [0.1, 0.15) is 18.5 Å². The molecule has 0 radical (unpaired) electrons. The van der Waals surface area contributed by atoms with Gasteiger partial charge in [0.15, 0.2) is 0 Å². The first-order valence-electron chi connectivity index (χ1n) is 6.73. The Morgan fingerprint density at radius 1 is 1.20 bits per heavy atom. The van der Waals surface area contributed by atoms with Gasteiger partial charge in [-0.05, 0) is 12.3 Å². The fourth-order valence-electron chi connectivity index (χ4n) is 2.42. The molecular formula is C16H21NO3. The first-order chi connectivity index (χ1) is 9.67. The maximum atomic E-state index is 10.4. The number of benzene rings is 2. The minimum absolute atomic E-state index is 0.00742. The summed E-state index contributed by atoms with van der Waals surface area (Å²) in [5, 5.41) is 24.8. The van der Waals surface area contributed by atoms with Crippen LogP contribution in [0.15, 0.2) is 36.4 Å². The van der Waals surface area contributed by atoms with Gasteiger partial charge >= 0.3 is 0 Å². The van der Waals surface area contributed by atoms with Crippen molar-refractivity contribution in [3.05, 3.63) is 42.0 Å². The van der Waals surface area contributed by atoms with Crippen LogP contribution < -0.4 is 5.32 Å². The van der Waals surface area contributed by atoms with Gasteiger partial charge in [-0.25, -0.2) is 0 Å². The number of fused-ring (bicyclic) bond motifs is 1. The smallest absolute Gasteiger partial charge is 0.128 e. The molecule has 0 saturated heterocycles. The molecule has 20 heavy (non-hydrogen) atoms. The van der Waals surface area contributed by atoms with Gasteiger partial charge in [0.2, 0.25) is 0 Å². The molecule has 0 aliphatic heterocycles. The van der Waals surface area contributed by atoms with Gasteiger partial charge in [0, 0.05) is 24.1 Å². The normalized spacial score (nSPS) is 14.3. The molecule has 0 amide bonds. The van der Waals surface area contributed by atoms with E-state index in [0.29, 0.717) is 6.61 Å². The lowest BCUT2D eigenvalue weighted by Crippen LogP contribution is -2.38. The zero-order valence-electron chi connectivity index (χ0n) is 11.8. The molecule has 0 aliphatic rings. The number of hydrogen-bond donors (Lipinski definition) is 3. The van der Waals surface area contributed by atoms with Crippen molar-refractivity contribution >= 4 is 10.8 Å². The number of ether oxygens (including phenoxy) is 1. The number of phenols is 1. The second-order valence-electron chi connectivity index (χ2n) is 4.95. The Morgan fingerprint density at radius 3 is 2.65 bits per heavy atom. The Labute approximate surface area is 119 Å². The van der Waals surface area contributed by atoms with Crippen molar-refractivity contribution in [2.75, 3.05) is 20.3 Å². The number of phenolic OH excluding ortho intramolecular Hbond substituents is 1.